The number of carbonyl (C=O) groups is 1. The SMILES string of the molecule is CC/C=C\C/C=C\C/C=C(\CCCCCCCC(=O)O[C@H]1CC[C@@]2(C)C(=CC[C@H]3[C@@H]4CC[C@H]([C@H](C)CCCC(C)C)[C@@]4(C)CC[C@@H]32)C1)OO. The molecule has 0 amide bonds. The van der Waals surface area contributed by atoms with Crippen molar-refractivity contribution in [1.29, 1.82) is 0 Å². The number of fused-ring (bicyclic) bond motifs is 5. The lowest BCUT2D eigenvalue weighted by Crippen LogP contribution is -2.51. The van der Waals surface area contributed by atoms with Gasteiger partial charge in [0.2, 0.25) is 0 Å². The van der Waals surface area contributed by atoms with Gasteiger partial charge in [-0.2, -0.15) is 0 Å². The highest BCUT2D eigenvalue weighted by Gasteiger charge is 2.59. The predicted octanol–water partition coefficient (Wildman–Crippen LogP) is 13.3. The average Bonchev–Trinajstić information content (AvgIpc) is 3.43. The van der Waals surface area contributed by atoms with Crippen molar-refractivity contribution in [1.82, 2.24) is 0 Å². The van der Waals surface area contributed by atoms with Gasteiger partial charge in [-0.25, -0.2) is 5.26 Å². The van der Waals surface area contributed by atoms with Crippen molar-refractivity contribution in [2.24, 2.45) is 46.3 Å². The summed E-state index contributed by atoms with van der Waals surface area (Å²) in [7, 11) is 0. The van der Waals surface area contributed by atoms with Crippen LogP contribution >= 0.6 is 0 Å². The van der Waals surface area contributed by atoms with Crippen LogP contribution in [0.1, 0.15) is 176 Å². The minimum absolute atomic E-state index is 0.00651. The fraction of sp³-hybridized carbons (Fsp3) is 0.800. The standard InChI is InChI=1S/C45H74O4/c1-7-8-9-10-11-13-16-22-37(49-47)23-17-14-12-15-18-24-43(46)48-38-29-31-44(5)36(33-38)25-26-39-41-28-27-40(35(4)21-19-20-34(2)3)45(41,6)32-30-42(39)44/h8-9,11,13,22,25,34-35,38-42,47H,7,10,12,14-21,23-24,26-33H2,1-6H3/b9-8-,13-11-,37-22+/t35-,38+,39+,40-,41+,42+,44+,45-/m1/s1. The zero-order chi connectivity index (χ0) is 35.3. The van der Waals surface area contributed by atoms with Gasteiger partial charge < -0.3 is 9.62 Å². The van der Waals surface area contributed by atoms with E-state index in [2.05, 4.69) is 76.8 Å². The third-order valence-electron chi connectivity index (χ3n) is 13.8. The molecule has 4 rings (SSSR count). The highest BCUT2D eigenvalue weighted by atomic mass is 17.1. The fourth-order valence-corrected chi connectivity index (χ4v) is 11.0. The Balaban J connectivity index is 1.15. The summed E-state index contributed by atoms with van der Waals surface area (Å²) in [5.74, 6) is 5.78. The Hall–Kier alpha value is -1.81. The molecule has 3 fully saturated rings. The van der Waals surface area contributed by atoms with Crippen molar-refractivity contribution >= 4 is 5.97 Å². The highest BCUT2D eigenvalue weighted by molar-refractivity contribution is 5.69. The van der Waals surface area contributed by atoms with Gasteiger partial charge in [0.25, 0.3) is 0 Å². The Bertz CT molecular complexity index is 1130. The van der Waals surface area contributed by atoms with Gasteiger partial charge in [-0.15, -0.1) is 0 Å². The molecule has 49 heavy (non-hydrogen) atoms. The monoisotopic (exact) mass is 679 g/mol. The molecular formula is C45H74O4. The minimum atomic E-state index is -0.00651. The summed E-state index contributed by atoms with van der Waals surface area (Å²) >= 11 is 0. The third-order valence-corrected chi connectivity index (χ3v) is 13.8. The zero-order valence-corrected chi connectivity index (χ0v) is 32.5. The van der Waals surface area contributed by atoms with Crippen LogP contribution in [0.5, 0.6) is 0 Å². The van der Waals surface area contributed by atoms with Gasteiger partial charge in [0, 0.05) is 19.3 Å². The van der Waals surface area contributed by atoms with E-state index in [1.165, 1.54) is 57.8 Å². The van der Waals surface area contributed by atoms with Gasteiger partial charge in [-0.3, -0.25) is 4.79 Å². The van der Waals surface area contributed by atoms with Crippen LogP contribution in [0.25, 0.3) is 0 Å². The topological polar surface area (TPSA) is 55.8 Å². The molecule has 0 aliphatic heterocycles. The van der Waals surface area contributed by atoms with Crippen molar-refractivity contribution in [3.63, 3.8) is 0 Å². The quantitative estimate of drug-likeness (QED) is 0.0348. The van der Waals surface area contributed by atoms with E-state index in [-0.39, 0.29) is 12.1 Å². The smallest absolute Gasteiger partial charge is 0.306 e. The Morgan fingerprint density at radius 2 is 1.61 bits per heavy atom. The van der Waals surface area contributed by atoms with E-state index in [0.717, 1.165) is 106 Å². The maximum absolute atomic E-state index is 12.8. The molecule has 0 aromatic carbocycles. The van der Waals surface area contributed by atoms with Crippen LogP contribution in [0.15, 0.2) is 47.8 Å². The van der Waals surface area contributed by atoms with Gasteiger partial charge in [-0.05, 0) is 129 Å². The van der Waals surface area contributed by atoms with Crippen molar-refractivity contribution in [3.05, 3.63) is 47.8 Å². The van der Waals surface area contributed by atoms with Crippen molar-refractivity contribution in [3.8, 4) is 0 Å². The van der Waals surface area contributed by atoms with Crippen LogP contribution in [-0.2, 0) is 14.4 Å². The van der Waals surface area contributed by atoms with E-state index in [1.807, 2.05) is 6.08 Å². The Kier molecular flexibility index (Phi) is 16.1. The van der Waals surface area contributed by atoms with Gasteiger partial charge in [0.1, 0.15) is 11.9 Å². The van der Waals surface area contributed by atoms with Crippen LogP contribution in [0.2, 0.25) is 0 Å². The average molecular weight is 679 g/mol. The normalized spacial score (nSPS) is 32.2. The third kappa shape index (κ3) is 10.8. The van der Waals surface area contributed by atoms with Crippen molar-refractivity contribution < 1.29 is 19.7 Å². The summed E-state index contributed by atoms with van der Waals surface area (Å²) < 4.78 is 6.10. The molecule has 0 radical (unpaired) electrons. The molecule has 0 spiro atoms. The Morgan fingerprint density at radius 1 is 0.878 bits per heavy atom. The Labute approximate surface area is 301 Å². The molecule has 3 saturated carbocycles. The van der Waals surface area contributed by atoms with Crippen LogP contribution in [0, 0.1) is 46.3 Å². The lowest BCUT2D eigenvalue weighted by Gasteiger charge is -2.58. The van der Waals surface area contributed by atoms with Crippen molar-refractivity contribution in [2.45, 2.75) is 182 Å². The molecule has 4 aliphatic carbocycles. The Morgan fingerprint density at radius 3 is 2.37 bits per heavy atom. The van der Waals surface area contributed by atoms with Gasteiger partial charge in [0.15, 0.2) is 0 Å². The van der Waals surface area contributed by atoms with E-state index in [9.17, 15) is 10.1 Å². The molecule has 4 nitrogen and oxygen atoms in total. The maximum Gasteiger partial charge on any atom is 0.306 e. The number of ether oxygens (including phenoxy) is 1. The summed E-state index contributed by atoms with van der Waals surface area (Å²) in [6.45, 7) is 14.7. The number of unbranched alkanes of at least 4 members (excludes halogenated alkanes) is 4. The first-order chi connectivity index (χ1) is 23.6. The molecule has 4 aliphatic rings. The second kappa shape index (κ2) is 19.7. The van der Waals surface area contributed by atoms with E-state index >= 15 is 0 Å². The summed E-state index contributed by atoms with van der Waals surface area (Å²) in [5, 5.41) is 9.21. The summed E-state index contributed by atoms with van der Waals surface area (Å²) in [6, 6.07) is 0. The molecule has 1 N–H and O–H groups in total. The van der Waals surface area contributed by atoms with Crippen LogP contribution < -0.4 is 0 Å². The maximum atomic E-state index is 12.8. The summed E-state index contributed by atoms with van der Waals surface area (Å²) in [6.07, 6.45) is 36.7. The first kappa shape index (κ1) is 40.0. The lowest BCUT2D eigenvalue weighted by atomic mass is 9.47. The van der Waals surface area contributed by atoms with E-state index < -0.39 is 0 Å². The second-order valence-electron chi connectivity index (χ2n) is 17.5. The second-order valence-corrected chi connectivity index (χ2v) is 17.5. The summed E-state index contributed by atoms with van der Waals surface area (Å²) in [5.41, 5.74) is 2.44. The number of rotatable bonds is 20. The van der Waals surface area contributed by atoms with E-state index in [4.69, 9.17) is 4.74 Å². The van der Waals surface area contributed by atoms with E-state index in [0.29, 0.717) is 23.0 Å². The fourth-order valence-electron chi connectivity index (χ4n) is 11.0. The number of hydrogen-bond acceptors (Lipinski definition) is 4. The first-order valence-electron chi connectivity index (χ1n) is 20.8. The number of carbonyl (C=O) groups excluding carboxylic acids is 1. The first-order valence-corrected chi connectivity index (χ1v) is 20.8. The van der Waals surface area contributed by atoms with Crippen LogP contribution in [0.4, 0.5) is 0 Å². The number of hydrogen-bond donors (Lipinski definition) is 1. The molecule has 0 aromatic rings. The van der Waals surface area contributed by atoms with Crippen LogP contribution in [0.3, 0.4) is 0 Å². The molecule has 278 valence electrons. The predicted molar refractivity (Wildman–Crippen MR) is 205 cm³/mol. The van der Waals surface area contributed by atoms with Gasteiger partial charge in [-0.1, -0.05) is 116 Å². The lowest BCUT2D eigenvalue weighted by molar-refractivity contribution is -0.206. The van der Waals surface area contributed by atoms with Crippen molar-refractivity contribution in [2.75, 3.05) is 0 Å². The molecule has 0 aromatic heterocycles. The number of esters is 1. The molecule has 4 heteroatoms. The number of allylic oxidation sites excluding steroid dienone is 7. The molecule has 0 saturated heterocycles. The molecule has 0 bridgehead atoms. The summed E-state index contributed by atoms with van der Waals surface area (Å²) in [4.78, 5) is 17.4. The molecular weight excluding hydrogens is 604 g/mol. The molecule has 0 heterocycles. The van der Waals surface area contributed by atoms with Gasteiger partial charge >= 0.3 is 5.97 Å². The van der Waals surface area contributed by atoms with Crippen LogP contribution in [-0.4, -0.2) is 17.3 Å². The zero-order valence-electron chi connectivity index (χ0n) is 32.5. The highest BCUT2D eigenvalue weighted by Crippen LogP contribution is 2.67. The molecule has 0 unspecified atom stereocenters. The minimum Gasteiger partial charge on any atom is -0.462 e. The molecule has 8 atom stereocenters. The van der Waals surface area contributed by atoms with Gasteiger partial charge in [0.05, 0.1) is 0 Å². The largest absolute Gasteiger partial charge is 0.462 e. The van der Waals surface area contributed by atoms with E-state index in [1.54, 1.807) is 5.57 Å².